The van der Waals surface area contributed by atoms with Crippen LogP contribution in [0.4, 0.5) is 0 Å². The molecule has 92 valence electrons. The lowest BCUT2D eigenvalue weighted by atomic mass is 10.3. The van der Waals surface area contributed by atoms with Crippen molar-refractivity contribution in [3.63, 3.8) is 0 Å². The molecule has 0 aliphatic carbocycles. The fourth-order valence-electron chi connectivity index (χ4n) is 0.105. The average molecular weight is 231 g/mol. The lowest BCUT2D eigenvalue weighted by molar-refractivity contribution is -0.134. The number of aliphatic carboxylic acids is 1. The zero-order chi connectivity index (χ0) is 13.9. The highest BCUT2D eigenvalue weighted by molar-refractivity contribution is 6.14. The highest BCUT2D eigenvalue weighted by Crippen LogP contribution is 1.84. The summed E-state index contributed by atoms with van der Waals surface area (Å²) >= 11 is 0. The Labute approximate surface area is 94.1 Å². The maximum Gasteiger partial charge on any atom is 0.340 e. The SMILES string of the molecule is C=C(C(N)=O)C(=O)O.CC(C)=O.CC(C)=O. The Morgan fingerprint density at radius 1 is 0.938 bits per heavy atom. The molecule has 6 nitrogen and oxygen atoms in total. The molecule has 6 heteroatoms. The van der Waals surface area contributed by atoms with Crippen molar-refractivity contribution in [2.24, 2.45) is 5.73 Å². The topological polar surface area (TPSA) is 115 Å². The van der Waals surface area contributed by atoms with Crippen molar-refractivity contribution in [2.45, 2.75) is 27.7 Å². The van der Waals surface area contributed by atoms with Gasteiger partial charge in [-0.3, -0.25) is 4.79 Å². The van der Waals surface area contributed by atoms with Crippen molar-refractivity contribution in [1.82, 2.24) is 0 Å². The molecule has 0 radical (unpaired) electrons. The molecule has 0 saturated heterocycles. The number of amides is 1. The van der Waals surface area contributed by atoms with E-state index in [0.717, 1.165) is 0 Å². The number of nitrogens with two attached hydrogens (primary N) is 1. The summed E-state index contributed by atoms with van der Waals surface area (Å²) in [7, 11) is 0. The molecule has 0 atom stereocenters. The van der Waals surface area contributed by atoms with Gasteiger partial charge < -0.3 is 20.4 Å². The molecular formula is C10H17NO5. The molecule has 0 aromatic heterocycles. The van der Waals surface area contributed by atoms with Crippen LogP contribution >= 0.6 is 0 Å². The van der Waals surface area contributed by atoms with Gasteiger partial charge in [0.2, 0.25) is 0 Å². The van der Waals surface area contributed by atoms with Gasteiger partial charge in [0.25, 0.3) is 5.91 Å². The van der Waals surface area contributed by atoms with E-state index in [9.17, 15) is 19.2 Å². The highest BCUT2D eigenvalue weighted by Gasteiger charge is 2.08. The third kappa shape index (κ3) is 40.3. The minimum absolute atomic E-state index is 0.167. The van der Waals surface area contributed by atoms with E-state index >= 15 is 0 Å². The molecule has 1 amide bonds. The molecule has 0 aromatic rings. The number of carbonyl (C=O) groups excluding carboxylic acids is 3. The summed E-state index contributed by atoms with van der Waals surface area (Å²) in [6, 6.07) is 0. The van der Waals surface area contributed by atoms with E-state index in [1.165, 1.54) is 27.7 Å². The van der Waals surface area contributed by atoms with Crippen LogP contribution in [-0.2, 0) is 19.2 Å². The van der Waals surface area contributed by atoms with E-state index in [1.807, 2.05) is 0 Å². The molecule has 16 heavy (non-hydrogen) atoms. The standard InChI is InChI=1S/C4H5NO3.2C3H6O/c1-2(3(5)6)4(7)8;2*1-3(2)4/h1H2,(H2,5,6)(H,7,8);2*1-2H3. The molecular weight excluding hydrogens is 214 g/mol. The normalized spacial score (nSPS) is 7.25. The number of primary amides is 1. The second kappa shape index (κ2) is 11.1. The van der Waals surface area contributed by atoms with Gasteiger partial charge in [0, 0.05) is 0 Å². The van der Waals surface area contributed by atoms with Crippen LogP contribution in [0, 0.1) is 0 Å². The Morgan fingerprint density at radius 3 is 1.12 bits per heavy atom. The van der Waals surface area contributed by atoms with E-state index in [4.69, 9.17) is 5.11 Å². The fraction of sp³-hybridized carbons (Fsp3) is 0.400. The first-order chi connectivity index (χ1) is 7.02. The largest absolute Gasteiger partial charge is 0.478 e. The number of carboxylic acids is 1. The summed E-state index contributed by atoms with van der Waals surface area (Å²) in [6.07, 6.45) is 0. The first-order valence-corrected chi connectivity index (χ1v) is 4.18. The van der Waals surface area contributed by atoms with Crippen molar-refractivity contribution in [1.29, 1.82) is 0 Å². The molecule has 0 aliphatic heterocycles. The monoisotopic (exact) mass is 231 g/mol. The van der Waals surface area contributed by atoms with Crippen LogP contribution < -0.4 is 5.73 Å². The maximum absolute atomic E-state index is 9.88. The molecule has 0 unspecified atom stereocenters. The number of Topliss-reactive ketones (excluding diaryl/α,β-unsaturated/α-hetero) is 2. The van der Waals surface area contributed by atoms with E-state index in [-0.39, 0.29) is 11.6 Å². The molecule has 0 rings (SSSR count). The highest BCUT2D eigenvalue weighted by atomic mass is 16.4. The van der Waals surface area contributed by atoms with Crippen LogP contribution in [0.3, 0.4) is 0 Å². The first kappa shape index (κ1) is 19.6. The molecule has 0 fully saturated rings. The van der Waals surface area contributed by atoms with Gasteiger partial charge in [0.1, 0.15) is 17.1 Å². The number of hydrogen-bond donors (Lipinski definition) is 2. The number of carboxylic acid groups (broad SMARTS) is 1. The average Bonchev–Trinajstić information content (AvgIpc) is 2.00. The van der Waals surface area contributed by atoms with Crippen LogP contribution in [0.2, 0.25) is 0 Å². The summed E-state index contributed by atoms with van der Waals surface area (Å²) in [4.78, 5) is 38.5. The van der Waals surface area contributed by atoms with Crippen molar-refractivity contribution in [3.05, 3.63) is 12.2 Å². The summed E-state index contributed by atoms with van der Waals surface area (Å²) in [5, 5.41) is 7.95. The van der Waals surface area contributed by atoms with Gasteiger partial charge in [-0.15, -0.1) is 0 Å². The first-order valence-electron chi connectivity index (χ1n) is 4.18. The van der Waals surface area contributed by atoms with Crippen molar-refractivity contribution in [2.75, 3.05) is 0 Å². The predicted octanol–water partition coefficient (Wildman–Crippen LogP) is 0.303. The minimum Gasteiger partial charge on any atom is -0.478 e. The van der Waals surface area contributed by atoms with E-state index < -0.39 is 17.4 Å². The van der Waals surface area contributed by atoms with Gasteiger partial charge in [-0.2, -0.15) is 0 Å². The Morgan fingerprint density at radius 2 is 1.12 bits per heavy atom. The molecule has 3 N–H and O–H groups in total. The number of hydrogen-bond acceptors (Lipinski definition) is 4. The minimum atomic E-state index is -1.38. The van der Waals surface area contributed by atoms with Gasteiger partial charge in [0.05, 0.1) is 0 Å². The molecule has 0 aliphatic rings. The Bertz CT molecular complexity index is 258. The van der Waals surface area contributed by atoms with Crippen LogP contribution in [0.5, 0.6) is 0 Å². The van der Waals surface area contributed by atoms with E-state index in [0.29, 0.717) is 0 Å². The van der Waals surface area contributed by atoms with Crippen LogP contribution in [0.1, 0.15) is 27.7 Å². The molecule has 0 heterocycles. The van der Waals surface area contributed by atoms with Gasteiger partial charge >= 0.3 is 5.97 Å². The molecule has 0 saturated carbocycles. The Kier molecular flexibility index (Phi) is 13.6. The Hall–Kier alpha value is -1.98. The number of ketones is 2. The predicted molar refractivity (Wildman–Crippen MR) is 58.7 cm³/mol. The summed E-state index contributed by atoms with van der Waals surface area (Å²) in [5.41, 5.74) is 3.92. The third-order valence-electron chi connectivity index (χ3n) is 0.556. The van der Waals surface area contributed by atoms with Crippen molar-refractivity contribution >= 4 is 23.4 Å². The molecule has 0 aromatic carbocycles. The van der Waals surface area contributed by atoms with Crippen LogP contribution in [0.25, 0.3) is 0 Å². The zero-order valence-electron chi connectivity index (χ0n) is 9.86. The number of rotatable bonds is 2. The zero-order valence-corrected chi connectivity index (χ0v) is 9.86. The van der Waals surface area contributed by atoms with Crippen molar-refractivity contribution < 1.29 is 24.3 Å². The molecule has 0 bridgehead atoms. The second-order valence-electron chi connectivity index (χ2n) is 2.96. The van der Waals surface area contributed by atoms with Crippen LogP contribution in [-0.4, -0.2) is 28.5 Å². The Balaban J connectivity index is -0.000000179. The maximum atomic E-state index is 9.88. The lowest BCUT2D eigenvalue weighted by Gasteiger charge is -1.87. The number of carbonyl (C=O) groups is 4. The summed E-state index contributed by atoms with van der Waals surface area (Å²) in [5.74, 6) is -2.05. The van der Waals surface area contributed by atoms with Gasteiger partial charge in [-0.05, 0) is 27.7 Å². The third-order valence-corrected chi connectivity index (χ3v) is 0.556. The van der Waals surface area contributed by atoms with E-state index in [1.54, 1.807) is 0 Å². The molecule has 0 spiro atoms. The second-order valence-corrected chi connectivity index (χ2v) is 2.96. The lowest BCUT2D eigenvalue weighted by Crippen LogP contribution is -2.18. The van der Waals surface area contributed by atoms with Gasteiger partial charge in [0.15, 0.2) is 0 Å². The van der Waals surface area contributed by atoms with Gasteiger partial charge in [-0.1, -0.05) is 6.58 Å². The van der Waals surface area contributed by atoms with Gasteiger partial charge in [-0.25, -0.2) is 4.79 Å². The smallest absolute Gasteiger partial charge is 0.340 e. The van der Waals surface area contributed by atoms with Crippen LogP contribution in [0.15, 0.2) is 12.2 Å². The summed E-state index contributed by atoms with van der Waals surface area (Å²) in [6.45, 7) is 8.99. The fourth-order valence-corrected chi connectivity index (χ4v) is 0.105. The quantitative estimate of drug-likeness (QED) is 0.403. The summed E-state index contributed by atoms with van der Waals surface area (Å²) < 4.78 is 0. The van der Waals surface area contributed by atoms with E-state index in [2.05, 4.69) is 12.3 Å². The van der Waals surface area contributed by atoms with Crippen molar-refractivity contribution in [3.8, 4) is 0 Å².